The summed E-state index contributed by atoms with van der Waals surface area (Å²) >= 11 is 0. The van der Waals surface area contributed by atoms with Crippen molar-refractivity contribution in [1.29, 1.82) is 0 Å². The van der Waals surface area contributed by atoms with Gasteiger partial charge in [-0.25, -0.2) is 17.1 Å². The number of hydrogen-bond acceptors (Lipinski definition) is 3. The molecule has 0 aliphatic heterocycles. The van der Waals surface area contributed by atoms with Gasteiger partial charge < -0.3 is 10.6 Å². The Bertz CT molecular complexity index is 926. The molecule has 2 rings (SSSR count). The van der Waals surface area contributed by atoms with E-state index in [1.165, 1.54) is 30.5 Å². The van der Waals surface area contributed by atoms with E-state index in [0.717, 1.165) is 23.1 Å². The molecule has 0 spiro atoms. The van der Waals surface area contributed by atoms with Crippen molar-refractivity contribution in [2.45, 2.75) is 24.8 Å². The molecule has 0 amide bonds. The zero-order valence-electron chi connectivity index (χ0n) is 16.7. The van der Waals surface area contributed by atoms with Gasteiger partial charge in [0.15, 0.2) is 5.96 Å². The summed E-state index contributed by atoms with van der Waals surface area (Å²) in [6.45, 7) is 3.06. The van der Waals surface area contributed by atoms with E-state index in [9.17, 15) is 12.8 Å². The van der Waals surface area contributed by atoms with Crippen molar-refractivity contribution < 1.29 is 12.8 Å². The summed E-state index contributed by atoms with van der Waals surface area (Å²) in [5, 5.41) is 6.42. The zero-order valence-corrected chi connectivity index (χ0v) is 17.5. The average molecular weight is 407 g/mol. The molecule has 0 aliphatic rings. The summed E-state index contributed by atoms with van der Waals surface area (Å²) in [6.07, 6.45) is 0.754. The minimum atomic E-state index is -3.42. The Hall–Kier alpha value is -2.45. The van der Waals surface area contributed by atoms with Crippen LogP contribution < -0.4 is 10.6 Å². The first kappa shape index (κ1) is 21.8. The molecule has 0 saturated heterocycles. The van der Waals surface area contributed by atoms with Gasteiger partial charge in [-0.05, 0) is 54.3 Å². The second-order valence-corrected chi connectivity index (χ2v) is 8.76. The van der Waals surface area contributed by atoms with E-state index >= 15 is 0 Å². The highest BCUT2D eigenvalue weighted by molar-refractivity contribution is 7.89. The van der Waals surface area contributed by atoms with Crippen molar-refractivity contribution in [3.05, 3.63) is 65.0 Å². The van der Waals surface area contributed by atoms with E-state index in [2.05, 4.69) is 15.6 Å². The quantitative estimate of drug-likeness (QED) is 0.547. The Labute approximate surface area is 166 Å². The van der Waals surface area contributed by atoms with Crippen LogP contribution in [0.25, 0.3) is 0 Å². The molecule has 0 saturated carbocycles. The van der Waals surface area contributed by atoms with Crippen LogP contribution in [0.15, 0.2) is 52.4 Å². The number of hydrogen-bond donors (Lipinski definition) is 2. The fraction of sp³-hybridized carbons (Fsp3) is 0.350. The van der Waals surface area contributed by atoms with Gasteiger partial charge in [0.25, 0.3) is 0 Å². The van der Waals surface area contributed by atoms with Gasteiger partial charge in [0.2, 0.25) is 10.0 Å². The van der Waals surface area contributed by atoms with Gasteiger partial charge in [-0.1, -0.05) is 18.2 Å². The van der Waals surface area contributed by atoms with Crippen molar-refractivity contribution in [3.63, 3.8) is 0 Å². The highest BCUT2D eigenvalue weighted by Crippen LogP contribution is 2.14. The lowest BCUT2D eigenvalue weighted by molar-refractivity contribution is 0.520. The number of aliphatic imine (C=N–C) groups is 1. The molecule has 152 valence electrons. The summed E-state index contributed by atoms with van der Waals surface area (Å²) in [7, 11) is 1.28. The lowest BCUT2D eigenvalue weighted by atomic mass is 10.1. The Morgan fingerprint density at radius 2 is 1.79 bits per heavy atom. The fourth-order valence-electron chi connectivity index (χ4n) is 2.65. The summed E-state index contributed by atoms with van der Waals surface area (Å²) in [4.78, 5) is 4.45. The smallest absolute Gasteiger partial charge is 0.242 e. The molecule has 2 aromatic rings. The maximum Gasteiger partial charge on any atom is 0.242 e. The van der Waals surface area contributed by atoms with Crippen LogP contribution >= 0.6 is 0 Å². The summed E-state index contributed by atoms with van der Waals surface area (Å²) in [5.41, 5.74) is 2.95. The van der Waals surface area contributed by atoms with Gasteiger partial charge in [0, 0.05) is 34.2 Å². The molecule has 2 aromatic carbocycles. The van der Waals surface area contributed by atoms with E-state index in [0.29, 0.717) is 19.0 Å². The minimum absolute atomic E-state index is 0.226. The predicted octanol–water partition coefficient (Wildman–Crippen LogP) is 2.29. The monoisotopic (exact) mass is 406 g/mol. The topological polar surface area (TPSA) is 73.8 Å². The molecule has 0 aromatic heterocycles. The fourth-order valence-corrected chi connectivity index (χ4v) is 3.55. The second kappa shape index (κ2) is 9.66. The number of aryl methyl sites for hydroxylation is 1. The Balaban J connectivity index is 1.87. The maximum atomic E-state index is 13.2. The second-order valence-electron chi connectivity index (χ2n) is 6.60. The molecular weight excluding hydrogens is 379 g/mol. The first-order valence-corrected chi connectivity index (χ1v) is 10.4. The number of benzene rings is 2. The van der Waals surface area contributed by atoms with E-state index < -0.39 is 10.0 Å². The number of halogens is 1. The van der Waals surface area contributed by atoms with Gasteiger partial charge in [0.05, 0.1) is 4.90 Å². The average Bonchev–Trinajstić information content (AvgIpc) is 2.66. The largest absolute Gasteiger partial charge is 0.356 e. The standard InChI is InChI=1S/C20H27FN4O2S/c1-15-13-18(21)8-7-17(15)11-12-23-20(22-2)24-14-16-5-9-19(10-6-16)28(26,27)25(3)4/h5-10,13H,11-12,14H2,1-4H3,(H2,22,23,24). The van der Waals surface area contributed by atoms with Gasteiger partial charge in [-0.15, -0.1) is 0 Å². The molecule has 8 heteroatoms. The van der Waals surface area contributed by atoms with Crippen molar-refractivity contribution in [2.24, 2.45) is 4.99 Å². The molecule has 0 atom stereocenters. The maximum absolute atomic E-state index is 13.2. The van der Waals surface area contributed by atoms with E-state index in [1.54, 1.807) is 37.4 Å². The zero-order chi connectivity index (χ0) is 20.7. The number of rotatable bonds is 7. The van der Waals surface area contributed by atoms with Crippen LogP contribution in [0, 0.1) is 12.7 Å². The highest BCUT2D eigenvalue weighted by Gasteiger charge is 2.16. The highest BCUT2D eigenvalue weighted by atomic mass is 32.2. The molecule has 6 nitrogen and oxygen atoms in total. The third kappa shape index (κ3) is 5.77. The summed E-state index contributed by atoms with van der Waals surface area (Å²) < 4.78 is 38.5. The molecule has 2 N–H and O–H groups in total. The Morgan fingerprint density at radius 1 is 1.11 bits per heavy atom. The molecule has 0 heterocycles. The Kier molecular flexibility index (Phi) is 7.53. The van der Waals surface area contributed by atoms with Gasteiger partial charge in [0.1, 0.15) is 5.82 Å². The van der Waals surface area contributed by atoms with Crippen LogP contribution in [0.5, 0.6) is 0 Å². The number of nitrogens with one attached hydrogen (secondary N) is 2. The molecule has 0 radical (unpaired) electrons. The van der Waals surface area contributed by atoms with Crippen LogP contribution in [0.1, 0.15) is 16.7 Å². The lowest BCUT2D eigenvalue weighted by Gasteiger charge is -2.14. The lowest BCUT2D eigenvalue weighted by Crippen LogP contribution is -2.37. The SMILES string of the molecule is CN=C(NCCc1ccc(F)cc1C)NCc1ccc(S(=O)(=O)N(C)C)cc1. The van der Waals surface area contributed by atoms with Gasteiger partial charge in [-0.2, -0.15) is 0 Å². The molecule has 0 fully saturated rings. The van der Waals surface area contributed by atoms with Crippen molar-refractivity contribution in [1.82, 2.24) is 14.9 Å². The predicted molar refractivity (Wildman–Crippen MR) is 110 cm³/mol. The van der Waals surface area contributed by atoms with Gasteiger partial charge in [-0.3, -0.25) is 4.99 Å². The van der Waals surface area contributed by atoms with Crippen LogP contribution in [-0.4, -0.2) is 46.4 Å². The van der Waals surface area contributed by atoms with Crippen LogP contribution in [0.4, 0.5) is 4.39 Å². The van der Waals surface area contributed by atoms with E-state index in [1.807, 2.05) is 6.92 Å². The first-order chi connectivity index (χ1) is 13.2. The van der Waals surface area contributed by atoms with Gasteiger partial charge >= 0.3 is 0 Å². The number of guanidine groups is 1. The Morgan fingerprint density at radius 3 is 2.36 bits per heavy atom. The summed E-state index contributed by atoms with van der Waals surface area (Å²) in [6, 6.07) is 11.5. The molecule has 0 aliphatic carbocycles. The van der Waals surface area contributed by atoms with E-state index in [4.69, 9.17) is 0 Å². The molecule has 0 unspecified atom stereocenters. The normalized spacial score (nSPS) is 12.3. The summed E-state index contributed by atoms with van der Waals surface area (Å²) in [5.74, 6) is 0.417. The number of sulfonamides is 1. The minimum Gasteiger partial charge on any atom is -0.356 e. The third-order valence-corrected chi connectivity index (χ3v) is 6.21. The van der Waals surface area contributed by atoms with Crippen LogP contribution in [0.2, 0.25) is 0 Å². The molecular formula is C20H27FN4O2S. The molecule has 28 heavy (non-hydrogen) atoms. The number of nitrogens with zero attached hydrogens (tertiary/aromatic N) is 2. The van der Waals surface area contributed by atoms with Crippen molar-refractivity contribution in [2.75, 3.05) is 27.7 Å². The van der Waals surface area contributed by atoms with Crippen LogP contribution in [-0.2, 0) is 23.0 Å². The first-order valence-electron chi connectivity index (χ1n) is 8.95. The van der Waals surface area contributed by atoms with Crippen molar-refractivity contribution in [3.8, 4) is 0 Å². The molecule has 0 bridgehead atoms. The van der Waals surface area contributed by atoms with Crippen LogP contribution in [0.3, 0.4) is 0 Å². The third-order valence-electron chi connectivity index (χ3n) is 4.38. The van der Waals surface area contributed by atoms with Crippen molar-refractivity contribution >= 4 is 16.0 Å². The van der Waals surface area contributed by atoms with E-state index in [-0.39, 0.29) is 10.7 Å².